The molecule has 1 heterocycles. The van der Waals surface area contributed by atoms with Gasteiger partial charge in [0.1, 0.15) is 6.10 Å². The van der Waals surface area contributed by atoms with Crippen molar-refractivity contribution in [1.82, 2.24) is 5.32 Å². The molecular formula is C16H17NO3. The molecule has 104 valence electrons. The zero-order valence-corrected chi connectivity index (χ0v) is 11.2. The molecule has 4 heteroatoms. The van der Waals surface area contributed by atoms with Gasteiger partial charge in [-0.3, -0.25) is 4.79 Å². The molecule has 1 amide bonds. The van der Waals surface area contributed by atoms with Gasteiger partial charge in [-0.2, -0.15) is 0 Å². The lowest BCUT2D eigenvalue weighted by molar-refractivity contribution is -0.122. The minimum absolute atomic E-state index is 0.0900. The third-order valence-electron chi connectivity index (χ3n) is 3.87. The summed E-state index contributed by atoms with van der Waals surface area (Å²) in [6, 6.07) is 9.04. The number of rotatable bonds is 2. The minimum atomic E-state index is -0.271. The van der Waals surface area contributed by atoms with Crippen molar-refractivity contribution in [2.45, 2.75) is 31.8 Å². The van der Waals surface area contributed by atoms with Crippen molar-refractivity contribution >= 4 is 11.9 Å². The topological polar surface area (TPSA) is 55.4 Å². The summed E-state index contributed by atoms with van der Waals surface area (Å²) in [6.07, 6.45) is 4.77. The first kappa shape index (κ1) is 12.9. The van der Waals surface area contributed by atoms with Gasteiger partial charge in [0.05, 0.1) is 5.56 Å². The molecule has 0 spiro atoms. The molecule has 20 heavy (non-hydrogen) atoms. The second kappa shape index (κ2) is 5.49. The van der Waals surface area contributed by atoms with E-state index in [1.165, 1.54) is 0 Å². The fourth-order valence-corrected chi connectivity index (χ4v) is 2.81. The van der Waals surface area contributed by atoms with Gasteiger partial charge in [-0.15, -0.1) is 0 Å². The number of hydrogen-bond acceptors (Lipinski definition) is 3. The van der Waals surface area contributed by atoms with Crippen molar-refractivity contribution < 1.29 is 14.3 Å². The standard InChI is InChI=1S/C16H17NO3/c18-15-9-6-12-10-13(7-8-14(12)17-15)20-16(19)11-4-2-1-3-5-11/h1-5,8,12-13H,6-7,9-10H2,(H,17,18)/t12-,13-/m1/s1. The SMILES string of the molecule is O=C1CC[C@@H]2C[C@H](OC(=O)c3ccccc3)CC=C2N1. The van der Waals surface area contributed by atoms with Crippen LogP contribution in [0, 0.1) is 5.92 Å². The second-order valence-electron chi connectivity index (χ2n) is 5.31. The van der Waals surface area contributed by atoms with E-state index in [4.69, 9.17) is 4.74 Å². The van der Waals surface area contributed by atoms with Gasteiger partial charge >= 0.3 is 5.97 Å². The molecule has 0 radical (unpaired) electrons. The maximum Gasteiger partial charge on any atom is 0.338 e. The van der Waals surface area contributed by atoms with E-state index in [2.05, 4.69) is 5.32 Å². The Bertz CT molecular complexity index is 550. The normalized spacial score (nSPS) is 25.2. The van der Waals surface area contributed by atoms with E-state index in [0.29, 0.717) is 24.3 Å². The summed E-state index contributed by atoms with van der Waals surface area (Å²) >= 11 is 0. The predicted octanol–water partition coefficient (Wildman–Crippen LogP) is 2.42. The second-order valence-corrected chi connectivity index (χ2v) is 5.31. The fraction of sp³-hybridized carbons (Fsp3) is 0.375. The Kier molecular flexibility index (Phi) is 3.54. The highest BCUT2D eigenvalue weighted by Crippen LogP contribution is 2.31. The van der Waals surface area contributed by atoms with Crippen molar-refractivity contribution in [3.63, 3.8) is 0 Å². The predicted molar refractivity (Wildman–Crippen MR) is 73.8 cm³/mol. The van der Waals surface area contributed by atoms with Crippen LogP contribution in [0.3, 0.4) is 0 Å². The molecule has 1 aromatic rings. The molecule has 1 fully saturated rings. The van der Waals surface area contributed by atoms with Crippen LogP contribution >= 0.6 is 0 Å². The van der Waals surface area contributed by atoms with Crippen LogP contribution in [-0.4, -0.2) is 18.0 Å². The zero-order valence-electron chi connectivity index (χ0n) is 11.2. The number of hydrogen-bond donors (Lipinski definition) is 1. The molecule has 0 saturated carbocycles. The van der Waals surface area contributed by atoms with E-state index in [1.807, 2.05) is 24.3 Å². The van der Waals surface area contributed by atoms with Gasteiger partial charge in [0, 0.05) is 24.5 Å². The summed E-state index contributed by atoms with van der Waals surface area (Å²) in [5.41, 5.74) is 1.59. The van der Waals surface area contributed by atoms with Gasteiger partial charge in [-0.25, -0.2) is 4.79 Å². The van der Waals surface area contributed by atoms with E-state index in [0.717, 1.165) is 18.5 Å². The van der Waals surface area contributed by atoms with Crippen molar-refractivity contribution in [1.29, 1.82) is 0 Å². The third kappa shape index (κ3) is 2.74. The quantitative estimate of drug-likeness (QED) is 0.840. The molecule has 1 aliphatic heterocycles. The van der Waals surface area contributed by atoms with E-state index in [-0.39, 0.29) is 18.0 Å². The fourth-order valence-electron chi connectivity index (χ4n) is 2.81. The summed E-state index contributed by atoms with van der Waals surface area (Å²) in [5.74, 6) is 0.134. The van der Waals surface area contributed by atoms with Gasteiger partial charge in [-0.05, 0) is 25.0 Å². The van der Waals surface area contributed by atoms with Crippen LogP contribution in [-0.2, 0) is 9.53 Å². The number of piperidine rings is 1. The smallest absolute Gasteiger partial charge is 0.338 e. The monoisotopic (exact) mass is 271 g/mol. The Hall–Kier alpha value is -2.10. The van der Waals surface area contributed by atoms with Crippen LogP contribution in [0.25, 0.3) is 0 Å². The maximum absolute atomic E-state index is 12.0. The lowest BCUT2D eigenvalue weighted by atomic mass is 9.84. The van der Waals surface area contributed by atoms with Gasteiger partial charge in [0.2, 0.25) is 5.91 Å². The summed E-state index contributed by atoms with van der Waals surface area (Å²) in [6.45, 7) is 0. The van der Waals surface area contributed by atoms with Gasteiger partial charge in [-0.1, -0.05) is 24.3 Å². The van der Waals surface area contributed by atoms with Crippen molar-refractivity contribution in [3.8, 4) is 0 Å². The number of carbonyl (C=O) groups is 2. The number of amides is 1. The molecule has 0 unspecified atom stereocenters. The summed E-state index contributed by atoms with van der Waals surface area (Å²) in [4.78, 5) is 23.3. The highest BCUT2D eigenvalue weighted by atomic mass is 16.5. The number of ether oxygens (including phenoxy) is 1. The number of allylic oxidation sites excluding steroid dienone is 1. The Morgan fingerprint density at radius 3 is 2.85 bits per heavy atom. The molecule has 0 bridgehead atoms. The summed E-state index contributed by atoms with van der Waals surface area (Å²) < 4.78 is 5.56. The third-order valence-corrected chi connectivity index (χ3v) is 3.87. The first-order valence-corrected chi connectivity index (χ1v) is 6.98. The van der Waals surface area contributed by atoms with Crippen LogP contribution in [0.4, 0.5) is 0 Å². The highest BCUT2D eigenvalue weighted by molar-refractivity contribution is 5.89. The molecule has 1 N–H and O–H groups in total. The van der Waals surface area contributed by atoms with E-state index >= 15 is 0 Å². The van der Waals surface area contributed by atoms with Crippen LogP contribution in [0.5, 0.6) is 0 Å². The lowest BCUT2D eigenvalue weighted by Crippen LogP contribution is -2.37. The molecule has 1 aliphatic carbocycles. The van der Waals surface area contributed by atoms with Crippen molar-refractivity contribution in [3.05, 3.63) is 47.7 Å². The van der Waals surface area contributed by atoms with Crippen molar-refractivity contribution in [2.24, 2.45) is 5.92 Å². The zero-order chi connectivity index (χ0) is 13.9. The number of nitrogens with one attached hydrogen (secondary N) is 1. The van der Waals surface area contributed by atoms with Crippen LogP contribution in [0.2, 0.25) is 0 Å². The molecular weight excluding hydrogens is 254 g/mol. The number of fused-ring (bicyclic) bond motifs is 1. The van der Waals surface area contributed by atoms with Crippen LogP contribution < -0.4 is 5.32 Å². The molecule has 3 rings (SSSR count). The molecule has 1 aromatic carbocycles. The van der Waals surface area contributed by atoms with E-state index < -0.39 is 0 Å². The largest absolute Gasteiger partial charge is 0.458 e. The summed E-state index contributed by atoms with van der Waals surface area (Å²) in [5, 5.41) is 2.91. The minimum Gasteiger partial charge on any atom is -0.458 e. The highest BCUT2D eigenvalue weighted by Gasteiger charge is 2.30. The van der Waals surface area contributed by atoms with Crippen LogP contribution in [0.1, 0.15) is 36.0 Å². The Morgan fingerprint density at radius 2 is 2.05 bits per heavy atom. The number of carbonyl (C=O) groups excluding carboxylic acids is 2. The average Bonchev–Trinajstić information content (AvgIpc) is 2.48. The Morgan fingerprint density at radius 1 is 1.25 bits per heavy atom. The van der Waals surface area contributed by atoms with Crippen LogP contribution in [0.15, 0.2) is 42.1 Å². The van der Waals surface area contributed by atoms with E-state index in [9.17, 15) is 9.59 Å². The Labute approximate surface area is 117 Å². The molecule has 0 aromatic heterocycles. The number of benzene rings is 1. The average molecular weight is 271 g/mol. The maximum atomic E-state index is 12.0. The first-order valence-electron chi connectivity index (χ1n) is 6.98. The summed E-state index contributed by atoms with van der Waals surface area (Å²) in [7, 11) is 0. The number of esters is 1. The first-order chi connectivity index (χ1) is 9.72. The van der Waals surface area contributed by atoms with Gasteiger partial charge < -0.3 is 10.1 Å². The van der Waals surface area contributed by atoms with Crippen molar-refractivity contribution in [2.75, 3.05) is 0 Å². The lowest BCUT2D eigenvalue weighted by Gasteiger charge is -2.32. The molecule has 2 aliphatic rings. The van der Waals surface area contributed by atoms with Gasteiger partial charge in [0.25, 0.3) is 0 Å². The van der Waals surface area contributed by atoms with E-state index in [1.54, 1.807) is 12.1 Å². The Balaban J connectivity index is 1.63. The van der Waals surface area contributed by atoms with Gasteiger partial charge in [0.15, 0.2) is 0 Å². The molecule has 2 atom stereocenters. The molecule has 1 saturated heterocycles. The molecule has 4 nitrogen and oxygen atoms in total.